The Morgan fingerprint density at radius 2 is 1.68 bits per heavy atom. The number of halogens is 3. The summed E-state index contributed by atoms with van der Waals surface area (Å²) in [4.78, 5) is -0.836. The Morgan fingerprint density at radius 3 is 2.32 bits per heavy atom. The average Bonchev–Trinajstić information content (AvgIpc) is 2.59. The van der Waals surface area contributed by atoms with Crippen molar-refractivity contribution in [2.24, 2.45) is 0 Å². The first-order chi connectivity index (χ1) is 12.9. The molecule has 0 saturated carbocycles. The van der Waals surface area contributed by atoms with Crippen LogP contribution in [0.25, 0.3) is 0 Å². The third-order valence-corrected chi connectivity index (χ3v) is 6.73. The second-order valence-electron chi connectivity index (χ2n) is 6.35. The van der Waals surface area contributed by atoms with Crippen molar-refractivity contribution in [2.45, 2.75) is 23.9 Å². The third kappa shape index (κ3) is 3.95. The van der Waals surface area contributed by atoms with Gasteiger partial charge in [-0.2, -0.15) is 13.2 Å². The molecule has 0 spiro atoms. The molecule has 1 N–H and O–H groups in total. The number of sulfonamides is 2. The molecule has 1 aliphatic rings. The van der Waals surface area contributed by atoms with Crippen LogP contribution in [0.2, 0.25) is 0 Å². The first kappa shape index (κ1) is 20.5. The highest BCUT2D eigenvalue weighted by Crippen LogP contribution is 2.40. The molecule has 0 saturated heterocycles. The van der Waals surface area contributed by atoms with E-state index in [2.05, 4.69) is 4.72 Å². The van der Waals surface area contributed by atoms with E-state index in [-0.39, 0.29) is 17.9 Å². The van der Waals surface area contributed by atoms with E-state index in [1.54, 1.807) is 0 Å². The zero-order valence-corrected chi connectivity index (χ0v) is 16.3. The van der Waals surface area contributed by atoms with Crippen LogP contribution in [-0.4, -0.2) is 29.6 Å². The number of fused-ring (bicyclic) bond motifs is 1. The smallest absolute Gasteiger partial charge is 0.283 e. The van der Waals surface area contributed by atoms with Crippen LogP contribution in [0.1, 0.15) is 17.5 Å². The molecule has 1 aliphatic heterocycles. The van der Waals surface area contributed by atoms with E-state index in [9.17, 15) is 30.0 Å². The Hall–Kier alpha value is -2.27. The monoisotopic (exact) mass is 434 g/mol. The minimum atomic E-state index is -4.83. The van der Waals surface area contributed by atoms with Gasteiger partial charge in [-0.15, -0.1) is 0 Å². The molecule has 28 heavy (non-hydrogen) atoms. The van der Waals surface area contributed by atoms with Gasteiger partial charge in [0.15, 0.2) is 0 Å². The number of hydrogen-bond acceptors (Lipinski definition) is 4. The maximum Gasteiger partial charge on any atom is 0.417 e. The Bertz CT molecular complexity index is 1110. The van der Waals surface area contributed by atoms with E-state index in [4.69, 9.17) is 0 Å². The lowest BCUT2D eigenvalue weighted by Gasteiger charge is -2.32. The van der Waals surface area contributed by atoms with Crippen LogP contribution in [0.15, 0.2) is 47.4 Å². The number of anilines is 2. The van der Waals surface area contributed by atoms with Gasteiger partial charge in [-0.1, -0.05) is 18.2 Å². The van der Waals surface area contributed by atoms with Crippen LogP contribution < -0.4 is 9.03 Å². The van der Waals surface area contributed by atoms with Gasteiger partial charge < -0.3 is 0 Å². The average molecular weight is 434 g/mol. The summed E-state index contributed by atoms with van der Waals surface area (Å²) in [5, 5.41) is 0. The molecule has 0 unspecified atom stereocenters. The van der Waals surface area contributed by atoms with Crippen LogP contribution in [0.4, 0.5) is 24.5 Å². The van der Waals surface area contributed by atoms with Crippen molar-refractivity contribution in [3.05, 3.63) is 53.6 Å². The Balaban J connectivity index is 2.15. The molecular formula is C17H17F3N2O4S2. The van der Waals surface area contributed by atoms with Crippen molar-refractivity contribution in [1.29, 1.82) is 0 Å². The predicted molar refractivity (Wildman–Crippen MR) is 99.2 cm³/mol. The summed E-state index contributed by atoms with van der Waals surface area (Å²) in [6, 6.07) is 8.39. The highest BCUT2D eigenvalue weighted by atomic mass is 32.2. The van der Waals surface area contributed by atoms with Crippen molar-refractivity contribution in [1.82, 2.24) is 0 Å². The van der Waals surface area contributed by atoms with Crippen LogP contribution in [0.5, 0.6) is 0 Å². The van der Waals surface area contributed by atoms with Gasteiger partial charge in [-0.3, -0.25) is 9.03 Å². The molecule has 11 heteroatoms. The fourth-order valence-electron chi connectivity index (χ4n) is 3.18. The topological polar surface area (TPSA) is 83.6 Å². The Kier molecular flexibility index (Phi) is 5.09. The lowest BCUT2D eigenvalue weighted by Crippen LogP contribution is -2.36. The third-order valence-electron chi connectivity index (χ3n) is 4.26. The summed E-state index contributed by atoms with van der Waals surface area (Å²) >= 11 is 0. The minimum absolute atomic E-state index is 0.0101. The lowest BCUT2D eigenvalue weighted by atomic mass is 10.0. The zero-order valence-electron chi connectivity index (χ0n) is 14.7. The van der Waals surface area contributed by atoms with E-state index in [1.165, 1.54) is 24.3 Å². The van der Waals surface area contributed by atoms with Gasteiger partial charge in [-0.05, 0) is 37.1 Å². The molecule has 2 aromatic rings. The number of rotatable bonds is 4. The Morgan fingerprint density at radius 1 is 1.00 bits per heavy atom. The SMILES string of the molecule is CS(=O)(=O)Nc1cccc2c1CCCN2S(=O)(=O)c1ccccc1C(F)(F)F. The molecule has 0 bridgehead atoms. The Labute approximate surface area is 161 Å². The molecule has 0 aromatic heterocycles. The van der Waals surface area contributed by atoms with Crippen molar-refractivity contribution in [2.75, 3.05) is 21.8 Å². The fourth-order valence-corrected chi connectivity index (χ4v) is 5.52. The van der Waals surface area contributed by atoms with Gasteiger partial charge in [0.1, 0.15) is 0 Å². The summed E-state index contributed by atoms with van der Waals surface area (Å²) in [7, 11) is -8.12. The molecule has 0 aliphatic carbocycles. The van der Waals surface area contributed by atoms with Crippen molar-refractivity contribution >= 4 is 31.4 Å². The number of nitrogens with one attached hydrogen (secondary N) is 1. The quantitative estimate of drug-likeness (QED) is 0.801. The van der Waals surface area contributed by atoms with E-state index < -0.39 is 36.7 Å². The van der Waals surface area contributed by atoms with Crippen molar-refractivity contribution < 1.29 is 30.0 Å². The molecule has 6 nitrogen and oxygen atoms in total. The van der Waals surface area contributed by atoms with Gasteiger partial charge in [0.25, 0.3) is 10.0 Å². The molecule has 0 atom stereocenters. The molecule has 3 rings (SSSR count). The van der Waals surface area contributed by atoms with Crippen LogP contribution in [-0.2, 0) is 32.6 Å². The molecule has 1 heterocycles. The van der Waals surface area contributed by atoms with Gasteiger partial charge >= 0.3 is 6.18 Å². The number of benzene rings is 2. The zero-order chi connectivity index (χ0) is 20.7. The van der Waals surface area contributed by atoms with Crippen LogP contribution in [0, 0.1) is 0 Å². The predicted octanol–water partition coefficient (Wildman–Crippen LogP) is 3.22. The second-order valence-corrected chi connectivity index (χ2v) is 9.93. The van der Waals surface area contributed by atoms with E-state index in [0.717, 1.165) is 28.8 Å². The van der Waals surface area contributed by atoms with E-state index >= 15 is 0 Å². The summed E-state index contributed by atoms with van der Waals surface area (Å²) in [5.74, 6) is 0. The molecular weight excluding hydrogens is 417 g/mol. The van der Waals surface area contributed by atoms with Gasteiger partial charge in [0.05, 0.1) is 28.1 Å². The molecule has 0 fully saturated rings. The molecule has 152 valence electrons. The van der Waals surface area contributed by atoms with Crippen molar-refractivity contribution in [3.8, 4) is 0 Å². The maximum atomic E-state index is 13.3. The van der Waals surface area contributed by atoms with Crippen molar-refractivity contribution in [3.63, 3.8) is 0 Å². The standard InChI is InChI=1S/C17H17F3N2O4S2/c1-27(23,24)21-14-8-4-9-15-12(14)6-5-11-22(15)28(25,26)16-10-3-2-7-13(16)17(18,19)20/h2-4,7-10,21H,5-6,11H2,1H3. The lowest BCUT2D eigenvalue weighted by molar-refractivity contribution is -0.139. The summed E-state index contributed by atoms with van der Waals surface area (Å²) in [6.45, 7) is -0.0101. The first-order valence-corrected chi connectivity index (χ1v) is 11.5. The second kappa shape index (κ2) is 6.96. The largest absolute Gasteiger partial charge is 0.417 e. The minimum Gasteiger partial charge on any atom is -0.283 e. The van der Waals surface area contributed by atoms with E-state index in [1.807, 2.05) is 0 Å². The normalized spacial score (nSPS) is 15.2. The summed E-state index contributed by atoms with van der Waals surface area (Å²) in [6.07, 6.45) is -3.14. The van der Waals surface area contributed by atoms with Gasteiger partial charge in [-0.25, -0.2) is 16.8 Å². The number of alkyl halides is 3. The highest BCUT2D eigenvalue weighted by Gasteiger charge is 2.40. The highest BCUT2D eigenvalue weighted by molar-refractivity contribution is 7.93. The summed E-state index contributed by atoms with van der Waals surface area (Å²) < 4.78 is 92.6. The molecule has 0 radical (unpaired) electrons. The number of hydrogen-bond donors (Lipinski definition) is 1. The van der Waals surface area contributed by atoms with Gasteiger partial charge in [0, 0.05) is 12.1 Å². The first-order valence-electron chi connectivity index (χ1n) is 8.20. The fraction of sp³-hybridized carbons (Fsp3) is 0.294. The van der Waals surface area contributed by atoms with Gasteiger partial charge in [0.2, 0.25) is 10.0 Å². The summed E-state index contributed by atoms with van der Waals surface area (Å²) in [5.41, 5.74) is -0.444. The number of nitrogens with zero attached hydrogens (tertiary/aromatic N) is 1. The maximum absolute atomic E-state index is 13.3. The van der Waals surface area contributed by atoms with Crippen LogP contribution >= 0.6 is 0 Å². The molecule has 0 amide bonds. The van der Waals surface area contributed by atoms with Crippen LogP contribution in [0.3, 0.4) is 0 Å². The molecule has 2 aromatic carbocycles. The van der Waals surface area contributed by atoms with E-state index in [0.29, 0.717) is 18.4 Å².